The van der Waals surface area contributed by atoms with Gasteiger partial charge in [-0.25, -0.2) is 4.79 Å². The summed E-state index contributed by atoms with van der Waals surface area (Å²) in [5.41, 5.74) is 1.06. The lowest BCUT2D eigenvalue weighted by molar-refractivity contribution is -0.160. The number of carbonyl (C=O) groups is 1. The van der Waals surface area contributed by atoms with Gasteiger partial charge in [0.15, 0.2) is 0 Å². The molecule has 0 bridgehead atoms. The standard InChI is InChI=1S/C13H14F2O2/c1-9-11(17-12(16)13(9,14)15)8-7-10-5-3-2-4-6-10/h2-6,9,11H,7-8H2,1H3/t9-,11-/m0/s1. The van der Waals surface area contributed by atoms with Gasteiger partial charge in [0.1, 0.15) is 6.10 Å². The molecule has 0 unspecified atom stereocenters. The predicted molar refractivity (Wildman–Crippen MR) is 58.8 cm³/mol. The molecule has 17 heavy (non-hydrogen) atoms. The highest BCUT2D eigenvalue weighted by molar-refractivity contribution is 5.80. The first-order valence-electron chi connectivity index (χ1n) is 5.64. The SMILES string of the molecule is C[C@H]1[C@H](CCc2ccccc2)OC(=O)C1(F)F. The number of carbonyl (C=O) groups excluding carboxylic acids is 1. The van der Waals surface area contributed by atoms with E-state index in [0.717, 1.165) is 5.56 Å². The molecule has 0 amide bonds. The lowest BCUT2D eigenvalue weighted by Crippen LogP contribution is -2.30. The van der Waals surface area contributed by atoms with Crippen molar-refractivity contribution in [2.24, 2.45) is 5.92 Å². The Morgan fingerprint density at radius 2 is 1.94 bits per heavy atom. The van der Waals surface area contributed by atoms with Crippen molar-refractivity contribution >= 4 is 5.97 Å². The molecule has 1 aliphatic rings. The molecule has 1 aliphatic heterocycles. The molecular weight excluding hydrogens is 226 g/mol. The van der Waals surface area contributed by atoms with Gasteiger partial charge in [0.25, 0.3) is 0 Å². The lowest BCUT2D eigenvalue weighted by Gasteiger charge is -2.15. The zero-order chi connectivity index (χ0) is 12.5. The van der Waals surface area contributed by atoms with E-state index in [1.807, 2.05) is 30.3 Å². The fraction of sp³-hybridized carbons (Fsp3) is 0.462. The minimum absolute atomic E-state index is 0.437. The zero-order valence-corrected chi connectivity index (χ0v) is 9.53. The Morgan fingerprint density at radius 3 is 2.47 bits per heavy atom. The average Bonchev–Trinajstić information content (AvgIpc) is 2.52. The Balaban J connectivity index is 1.96. The van der Waals surface area contributed by atoms with E-state index in [9.17, 15) is 13.6 Å². The number of cyclic esters (lactones) is 1. The van der Waals surface area contributed by atoms with E-state index in [0.29, 0.717) is 12.8 Å². The first kappa shape index (κ1) is 12.0. The van der Waals surface area contributed by atoms with Crippen LogP contribution < -0.4 is 0 Å². The molecule has 4 heteroatoms. The summed E-state index contributed by atoms with van der Waals surface area (Å²) >= 11 is 0. The molecule has 1 fully saturated rings. The van der Waals surface area contributed by atoms with Crippen LogP contribution in [0.4, 0.5) is 8.78 Å². The fourth-order valence-electron chi connectivity index (χ4n) is 2.00. The molecule has 0 spiro atoms. The second-order valence-electron chi connectivity index (χ2n) is 4.38. The molecular formula is C13H14F2O2. The maximum absolute atomic E-state index is 13.2. The summed E-state index contributed by atoms with van der Waals surface area (Å²) < 4.78 is 31.2. The third-order valence-corrected chi connectivity index (χ3v) is 3.22. The van der Waals surface area contributed by atoms with Gasteiger partial charge in [0.2, 0.25) is 0 Å². The molecule has 0 radical (unpaired) electrons. The van der Waals surface area contributed by atoms with E-state index in [-0.39, 0.29) is 0 Å². The van der Waals surface area contributed by atoms with Crippen LogP contribution in [0.25, 0.3) is 0 Å². The molecule has 0 N–H and O–H groups in total. The minimum atomic E-state index is -3.33. The number of aryl methyl sites for hydroxylation is 1. The summed E-state index contributed by atoms with van der Waals surface area (Å²) in [7, 11) is 0. The van der Waals surface area contributed by atoms with E-state index in [1.54, 1.807) is 0 Å². The number of esters is 1. The van der Waals surface area contributed by atoms with E-state index in [2.05, 4.69) is 0 Å². The third-order valence-electron chi connectivity index (χ3n) is 3.22. The number of halogens is 2. The molecule has 2 rings (SSSR count). The maximum Gasteiger partial charge on any atom is 0.377 e. The van der Waals surface area contributed by atoms with Crippen LogP contribution in [-0.2, 0) is 16.0 Å². The van der Waals surface area contributed by atoms with Crippen LogP contribution in [0.5, 0.6) is 0 Å². The molecule has 92 valence electrons. The van der Waals surface area contributed by atoms with Crippen LogP contribution in [0.15, 0.2) is 30.3 Å². The van der Waals surface area contributed by atoms with E-state index < -0.39 is 23.9 Å². The molecule has 0 aliphatic carbocycles. The van der Waals surface area contributed by atoms with Crippen molar-refractivity contribution in [2.45, 2.75) is 31.8 Å². The molecule has 1 aromatic carbocycles. The summed E-state index contributed by atoms with van der Waals surface area (Å²) in [6.45, 7) is 1.36. The van der Waals surface area contributed by atoms with Gasteiger partial charge in [-0.1, -0.05) is 37.3 Å². The molecule has 0 aromatic heterocycles. The second-order valence-corrected chi connectivity index (χ2v) is 4.38. The van der Waals surface area contributed by atoms with Gasteiger partial charge in [-0.2, -0.15) is 8.78 Å². The molecule has 2 atom stereocenters. The highest BCUT2D eigenvalue weighted by Crippen LogP contribution is 2.38. The molecule has 0 saturated carbocycles. The van der Waals surface area contributed by atoms with E-state index in [4.69, 9.17) is 4.74 Å². The van der Waals surface area contributed by atoms with Gasteiger partial charge in [-0.05, 0) is 18.4 Å². The van der Waals surface area contributed by atoms with Crippen molar-refractivity contribution < 1.29 is 18.3 Å². The van der Waals surface area contributed by atoms with Crippen LogP contribution in [0.1, 0.15) is 18.9 Å². The molecule has 2 nitrogen and oxygen atoms in total. The normalized spacial score (nSPS) is 26.9. The third kappa shape index (κ3) is 2.30. The van der Waals surface area contributed by atoms with Crippen molar-refractivity contribution in [2.75, 3.05) is 0 Å². The van der Waals surface area contributed by atoms with Crippen LogP contribution in [0.2, 0.25) is 0 Å². The zero-order valence-electron chi connectivity index (χ0n) is 9.53. The highest BCUT2D eigenvalue weighted by atomic mass is 19.3. The predicted octanol–water partition coefficient (Wildman–Crippen LogP) is 2.82. The van der Waals surface area contributed by atoms with Gasteiger partial charge >= 0.3 is 11.9 Å². The quantitative estimate of drug-likeness (QED) is 0.759. The Labute approximate surface area is 98.6 Å². The van der Waals surface area contributed by atoms with Gasteiger partial charge < -0.3 is 4.74 Å². The van der Waals surface area contributed by atoms with Crippen molar-refractivity contribution in [3.05, 3.63) is 35.9 Å². The van der Waals surface area contributed by atoms with Crippen LogP contribution >= 0.6 is 0 Å². The number of benzene rings is 1. The van der Waals surface area contributed by atoms with Crippen LogP contribution in [0, 0.1) is 5.92 Å². The molecule has 1 aromatic rings. The van der Waals surface area contributed by atoms with Gasteiger partial charge in [-0.3, -0.25) is 0 Å². The average molecular weight is 240 g/mol. The Hall–Kier alpha value is -1.45. The van der Waals surface area contributed by atoms with Crippen LogP contribution in [0.3, 0.4) is 0 Å². The highest BCUT2D eigenvalue weighted by Gasteiger charge is 2.56. The van der Waals surface area contributed by atoms with Crippen molar-refractivity contribution in [3.63, 3.8) is 0 Å². The maximum atomic E-state index is 13.2. The van der Waals surface area contributed by atoms with Gasteiger partial charge in [0.05, 0.1) is 5.92 Å². The summed E-state index contributed by atoms with van der Waals surface area (Å²) in [4.78, 5) is 11.0. The first-order valence-corrected chi connectivity index (χ1v) is 5.64. The topological polar surface area (TPSA) is 26.3 Å². The van der Waals surface area contributed by atoms with E-state index in [1.165, 1.54) is 6.92 Å². The van der Waals surface area contributed by atoms with Gasteiger partial charge in [0, 0.05) is 0 Å². The van der Waals surface area contributed by atoms with Crippen molar-refractivity contribution in [1.29, 1.82) is 0 Å². The number of ether oxygens (including phenoxy) is 1. The van der Waals surface area contributed by atoms with Crippen molar-refractivity contribution in [3.8, 4) is 0 Å². The monoisotopic (exact) mass is 240 g/mol. The Bertz CT molecular complexity index is 403. The Morgan fingerprint density at radius 1 is 1.29 bits per heavy atom. The fourth-order valence-corrected chi connectivity index (χ4v) is 2.00. The Kier molecular flexibility index (Phi) is 3.13. The minimum Gasteiger partial charge on any atom is -0.457 e. The summed E-state index contributed by atoms with van der Waals surface area (Å²) in [6, 6.07) is 9.55. The number of hydrogen-bond acceptors (Lipinski definition) is 2. The second kappa shape index (κ2) is 4.43. The van der Waals surface area contributed by atoms with E-state index >= 15 is 0 Å². The lowest BCUT2D eigenvalue weighted by atomic mass is 9.95. The summed E-state index contributed by atoms with van der Waals surface area (Å²) in [5, 5.41) is 0. The number of hydrogen-bond donors (Lipinski definition) is 0. The number of alkyl halides is 2. The summed E-state index contributed by atoms with van der Waals surface area (Å²) in [6.07, 6.45) is 0.392. The van der Waals surface area contributed by atoms with Crippen molar-refractivity contribution in [1.82, 2.24) is 0 Å². The summed E-state index contributed by atoms with van der Waals surface area (Å²) in [5.74, 6) is -5.76. The first-order chi connectivity index (χ1) is 8.01. The number of rotatable bonds is 3. The van der Waals surface area contributed by atoms with Crippen LogP contribution in [-0.4, -0.2) is 18.0 Å². The van der Waals surface area contributed by atoms with Gasteiger partial charge in [-0.15, -0.1) is 0 Å². The molecule has 1 saturated heterocycles. The smallest absolute Gasteiger partial charge is 0.377 e. The molecule has 1 heterocycles. The largest absolute Gasteiger partial charge is 0.457 e.